The fourth-order valence-electron chi connectivity index (χ4n) is 3.02. The van der Waals surface area contributed by atoms with Gasteiger partial charge in [0.1, 0.15) is 0 Å². The van der Waals surface area contributed by atoms with Gasteiger partial charge in [0.05, 0.1) is 13.2 Å². The standard InChI is InChI=1S/C20H32N4O3/c1-21-20(23-12-6-14-27-16-15-26-2)22-11-5-9-19(25)24-13-10-17-7-3-4-8-18(17)24/h3-4,7-8H,5-6,9-16H2,1-2H3,(H2,21,22,23). The number of nitrogens with one attached hydrogen (secondary N) is 2. The van der Waals surface area contributed by atoms with Crippen LogP contribution >= 0.6 is 0 Å². The number of carbonyl (C=O) groups excluding carboxylic acids is 1. The molecule has 1 aromatic rings. The summed E-state index contributed by atoms with van der Waals surface area (Å²) in [5.41, 5.74) is 2.33. The Morgan fingerprint density at radius 2 is 1.93 bits per heavy atom. The van der Waals surface area contributed by atoms with Gasteiger partial charge in [0.15, 0.2) is 5.96 Å². The van der Waals surface area contributed by atoms with Crippen molar-refractivity contribution in [2.24, 2.45) is 4.99 Å². The molecule has 0 unspecified atom stereocenters. The number of carbonyl (C=O) groups is 1. The average molecular weight is 377 g/mol. The molecule has 150 valence electrons. The van der Waals surface area contributed by atoms with Crippen LogP contribution in [0.25, 0.3) is 0 Å². The van der Waals surface area contributed by atoms with Crippen LogP contribution in [0.2, 0.25) is 0 Å². The van der Waals surface area contributed by atoms with E-state index in [9.17, 15) is 4.79 Å². The highest BCUT2D eigenvalue weighted by molar-refractivity contribution is 5.95. The molecule has 1 aliphatic heterocycles. The normalized spacial score (nSPS) is 13.6. The Kier molecular flexibility index (Phi) is 9.65. The second kappa shape index (κ2) is 12.3. The first-order valence-corrected chi connectivity index (χ1v) is 9.65. The van der Waals surface area contributed by atoms with Crippen molar-refractivity contribution in [3.63, 3.8) is 0 Å². The zero-order valence-corrected chi connectivity index (χ0v) is 16.5. The van der Waals surface area contributed by atoms with Crippen LogP contribution in [0.15, 0.2) is 29.3 Å². The summed E-state index contributed by atoms with van der Waals surface area (Å²) in [5, 5.41) is 6.50. The molecule has 1 heterocycles. The summed E-state index contributed by atoms with van der Waals surface area (Å²) >= 11 is 0. The number of amides is 1. The van der Waals surface area contributed by atoms with E-state index in [0.717, 1.165) is 44.0 Å². The van der Waals surface area contributed by atoms with Gasteiger partial charge >= 0.3 is 0 Å². The van der Waals surface area contributed by atoms with Crippen molar-refractivity contribution in [1.29, 1.82) is 0 Å². The zero-order chi connectivity index (χ0) is 19.3. The van der Waals surface area contributed by atoms with Gasteiger partial charge in [0, 0.05) is 52.5 Å². The van der Waals surface area contributed by atoms with E-state index in [1.54, 1.807) is 14.2 Å². The molecule has 0 bridgehead atoms. The van der Waals surface area contributed by atoms with Crippen LogP contribution < -0.4 is 15.5 Å². The summed E-state index contributed by atoms with van der Waals surface area (Å²) in [5.74, 6) is 0.948. The summed E-state index contributed by atoms with van der Waals surface area (Å²) < 4.78 is 10.3. The minimum absolute atomic E-state index is 0.193. The van der Waals surface area contributed by atoms with E-state index in [0.29, 0.717) is 32.8 Å². The number of benzene rings is 1. The van der Waals surface area contributed by atoms with Gasteiger partial charge in [0.2, 0.25) is 5.91 Å². The van der Waals surface area contributed by atoms with Crippen LogP contribution in [-0.4, -0.2) is 65.5 Å². The predicted molar refractivity (Wildman–Crippen MR) is 108 cm³/mol. The van der Waals surface area contributed by atoms with Crippen LogP contribution in [0.4, 0.5) is 5.69 Å². The van der Waals surface area contributed by atoms with E-state index in [1.807, 2.05) is 23.1 Å². The fraction of sp³-hybridized carbons (Fsp3) is 0.600. The van der Waals surface area contributed by atoms with Gasteiger partial charge in [-0.25, -0.2) is 0 Å². The Labute approximate surface area is 162 Å². The number of para-hydroxylation sites is 1. The highest BCUT2D eigenvalue weighted by Gasteiger charge is 2.23. The van der Waals surface area contributed by atoms with E-state index in [-0.39, 0.29) is 5.91 Å². The molecule has 0 saturated carbocycles. The van der Waals surface area contributed by atoms with Crippen molar-refractivity contribution in [2.45, 2.75) is 25.7 Å². The molecule has 0 fully saturated rings. The fourth-order valence-corrected chi connectivity index (χ4v) is 3.02. The average Bonchev–Trinajstić information content (AvgIpc) is 3.13. The van der Waals surface area contributed by atoms with Gasteiger partial charge in [0.25, 0.3) is 0 Å². The van der Waals surface area contributed by atoms with Gasteiger partial charge in [-0.2, -0.15) is 0 Å². The molecule has 2 rings (SSSR count). The molecule has 0 aliphatic carbocycles. The largest absolute Gasteiger partial charge is 0.382 e. The molecule has 0 saturated heterocycles. The van der Waals surface area contributed by atoms with Crippen LogP contribution in [0.5, 0.6) is 0 Å². The minimum Gasteiger partial charge on any atom is -0.382 e. The SMILES string of the molecule is CN=C(NCCCOCCOC)NCCCC(=O)N1CCc2ccccc21. The molecule has 1 aromatic carbocycles. The number of aliphatic imine (C=N–C) groups is 1. The number of ether oxygens (including phenoxy) is 2. The zero-order valence-electron chi connectivity index (χ0n) is 16.5. The number of guanidine groups is 1. The number of methoxy groups -OCH3 is 1. The van der Waals surface area contributed by atoms with Crippen LogP contribution in [0.1, 0.15) is 24.8 Å². The lowest BCUT2D eigenvalue weighted by atomic mass is 10.2. The Balaban J connectivity index is 1.57. The van der Waals surface area contributed by atoms with Gasteiger partial charge < -0.3 is 25.0 Å². The molecular formula is C20H32N4O3. The highest BCUT2D eigenvalue weighted by atomic mass is 16.5. The van der Waals surface area contributed by atoms with E-state index in [4.69, 9.17) is 9.47 Å². The number of hydrogen-bond acceptors (Lipinski definition) is 4. The smallest absolute Gasteiger partial charge is 0.227 e. The van der Waals surface area contributed by atoms with Crippen molar-refractivity contribution >= 4 is 17.6 Å². The van der Waals surface area contributed by atoms with E-state index in [2.05, 4.69) is 21.7 Å². The Bertz CT molecular complexity index is 607. The van der Waals surface area contributed by atoms with Crippen LogP contribution in [0, 0.1) is 0 Å². The number of rotatable bonds is 11. The first-order valence-electron chi connectivity index (χ1n) is 9.65. The maximum absolute atomic E-state index is 12.5. The lowest BCUT2D eigenvalue weighted by molar-refractivity contribution is -0.118. The summed E-state index contributed by atoms with van der Waals surface area (Å²) in [6.45, 7) is 4.24. The van der Waals surface area contributed by atoms with E-state index in [1.165, 1.54) is 5.56 Å². The molecular weight excluding hydrogens is 344 g/mol. The molecule has 0 aromatic heterocycles. The highest BCUT2D eigenvalue weighted by Crippen LogP contribution is 2.27. The molecule has 7 nitrogen and oxygen atoms in total. The first-order chi connectivity index (χ1) is 13.3. The Morgan fingerprint density at radius 1 is 1.15 bits per heavy atom. The number of anilines is 1. The second-order valence-electron chi connectivity index (χ2n) is 6.41. The van der Waals surface area contributed by atoms with Crippen molar-refractivity contribution in [2.75, 3.05) is 58.5 Å². The predicted octanol–water partition coefficient (Wildman–Crippen LogP) is 1.57. The van der Waals surface area contributed by atoms with Crippen molar-refractivity contribution < 1.29 is 14.3 Å². The molecule has 2 N–H and O–H groups in total. The number of hydrogen-bond donors (Lipinski definition) is 2. The molecule has 0 atom stereocenters. The van der Waals surface area contributed by atoms with Crippen LogP contribution in [-0.2, 0) is 20.7 Å². The van der Waals surface area contributed by atoms with Crippen molar-refractivity contribution in [1.82, 2.24) is 10.6 Å². The lowest BCUT2D eigenvalue weighted by Gasteiger charge is -2.17. The maximum Gasteiger partial charge on any atom is 0.227 e. The third-order valence-electron chi connectivity index (χ3n) is 4.46. The number of fused-ring (bicyclic) bond motifs is 1. The summed E-state index contributed by atoms with van der Waals surface area (Å²) in [7, 11) is 3.41. The number of nitrogens with zero attached hydrogens (tertiary/aromatic N) is 2. The third-order valence-corrected chi connectivity index (χ3v) is 4.46. The summed E-state index contributed by atoms with van der Waals surface area (Å²) in [4.78, 5) is 18.6. The maximum atomic E-state index is 12.5. The second-order valence-corrected chi connectivity index (χ2v) is 6.41. The molecule has 0 spiro atoms. The van der Waals surface area contributed by atoms with Gasteiger partial charge in [-0.1, -0.05) is 18.2 Å². The van der Waals surface area contributed by atoms with E-state index < -0.39 is 0 Å². The molecule has 27 heavy (non-hydrogen) atoms. The molecule has 1 aliphatic rings. The lowest BCUT2D eigenvalue weighted by Crippen LogP contribution is -2.39. The molecule has 1 amide bonds. The Morgan fingerprint density at radius 3 is 2.70 bits per heavy atom. The van der Waals surface area contributed by atoms with Gasteiger partial charge in [-0.3, -0.25) is 9.79 Å². The van der Waals surface area contributed by atoms with Gasteiger partial charge in [-0.15, -0.1) is 0 Å². The minimum atomic E-state index is 0.193. The molecule has 7 heteroatoms. The summed E-state index contributed by atoms with van der Waals surface area (Å²) in [6.07, 6.45) is 3.16. The quantitative estimate of drug-likeness (QED) is 0.348. The van der Waals surface area contributed by atoms with Crippen molar-refractivity contribution in [3.05, 3.63) is 29.8 Å². The van der Waals surface area contributed by atoms with Crippen LogP contribution in [0.3, 0.4) is 0 Å². The first kappa shape index (κ1) is 21.2. The van der Waals surface area contributed by atoms with Crippen molar-refractivity contribution in [3.8, 4) is 0 Å². The van der Waals surface area contributed by atoms with E-state index >= 15 is 0 Å². The summed E-state index contributed by atoms with van der Waals surface area (Å²) in [6, 6.07) is 8.15. The Hall–Kier alpha value is -2.12. The topological polar surface area (TPSA) is 75.2 Å². The van der Waals surface area contributed by atoms with Gasteiger partial charge in [-0.05, 0) is 30.9 Å². The molecule has 0 radical (unpaired) electrons. The monoisotopic (exact) mass is 376 g/mol. The third kappa shape index (κ3) is 7.19.